The van der Waals surface area contributed by atoms with E-state index >= 15 is 0 Å². The Hall–Kier alpha value is 0.0400. The van der Waals surface area contributed by atoms with E-state index < -0.39 is 0 Å². The molecule has 0 bridgehead atoms. The number of carbonyl (C=O) groups is 1. The van der Waals surface area contributed by atoms with Gasteiger partial charge in [0.05, 0.1) is 0 Å². The number of benzene rings is 1. The number of hydrogen-bond acceptors (Lipinski definition) is 3. The van der Waals surface area contributed by atoms with Gasteiger partial charge in [-0.2, -0.15) is 0 Å². The zero-order valence-corrected chi connectivity index (χ0v) is 9.14. The molecule has 0 atom stereocenters. The van der Waals surface area contributed by atoms with Crippen LogP contribution in [0.3, 0.4) is 0 Å². The second-order valence-corrected chi connectivity index (χ2v) is 2.42. The molecule has 2 N–H and O–H groups in total. The molecule has 0 aliphatic rings. The molecule has 0 spiro atoms. The van der Waals surface area contributed by atoms with E-state index in [9.17, 15) is 4.79 Å². The second kappa shape index (κ2) is 4.83. The summed E-state index contributed by atoms with van der Waals surface area (Å²) in [6, 6.07) is 4.96. The summed E-state index contributed by atoms with van der Waals surface area (Å²) in [6.45, 7) is 0. The molecule has 0 aromatic heterocycles. The van der Waals surface area contributed by atoms with Crippen LogP contribution in [0.1, 0.15) is 10.4 Å². The zero-order chi connectivity index (χ0) is 7.56. The van der Waals surface area contributed by atoms with Crippen molar-refractivity contribution in [3.63, 3.8) is 0 Å². The van der Waals surface area contributed by atoms with E-state index in [4.69, 9.17) is 5.73 Å². The Labute approximate surface area is 92.9 Å². The summed E-state index contributed by atoms with van der Waals surface area (Å²) in [5.74, 6) is 0. The molecule has 0 amide bonds. The molecular formula is C7H7NNaOS. The molecule has 2 nitrogen and oxygen atoms in total. The summed E-state index contributed by atoms with van der Waals surface area (Å²) in [7, 11) is 0. The van der Waals surface area contributed by atoms with E-state index in [0.717, 1.165) is 6.29 Å². The smallest absolute Gasteiger partial charge is 0.150 e. The van der Waals surface area contributed by atoms with Gasteiger partial charge in [0, 0.05) is 45.7 Å². The van der Waals surface area contributed by atoms with Crippen LogP contribution < -0.4 is 5.73 Å². The van der Waals surface area contributed by atoms with Gasteiger partial charge in [0.25, 0.3) is 0 Å². The van der Waals surface area contributed by atoms with Crippen molar-refractivity contribution in [2.45, 2.75) is 4.90 Å². The fourth-order valence-corrected chi connectivity index (χ4v) is 0.785. The third-order valence-electron chi connectivity index (χ3n) is 1.19. The number of rotatable bonds is 1. The molecule has 0 fully saturated rings. The number of anilines is 1. The monoisotopic (exact) mass is 176 g/mol. The minimum atomic E-state index is 0. The van der Waals surface area contributed by atoms with Gasteiger partial charge in [-0.05, 0) is 12.1 Å². The quantitative estimate of drug-likeness (QED) is 0.290. The first-order chi connectivity index (χ1) is 4.74. The predicted octanol–water partition coefficient (Wildman–Crippen LogP) is 0.989. The summed E-state index contributed by atoms with van der Waals surface area (Å²) in [5.41, 5.74) is 6.58. The number of hydrogen-bond donors (Lipinski definition) is 2. The number of aldehydes is 1. The van der Waals surface area contributed by atoms with E-state index in [-0.39, 0.29) is 29.6 Å². The standard InChI is InChI=1S/C7H7NOS.Na/c8-6-3-5(4-9)1-2-7(6)10;/h1-4,10H,8H2;. The molecular weight excluding hydrogens is 169 g/mol. The van der Waals surface area contributed by atoms with Crippen LogP contribution in [-0.4, -0.2) is 35.8 Å². The summed E-state index contributed by atoms with van der Waals surface area (Å²) < 4.78 is 0. The summed E-state index contributed by atoms with van der Waals surface area (Å²) in [5, 5.41) is 0. The van der Waals surface area contributed by atoms with Gasteiger partial charge < -0.3 is 5.73 Å². The maximum absolute atomic E-state index is 10.2. The number of carbonyl (C=O) groups excluding carboxylic acids is 1. The van der Waals surface area contributed by atoms with E-state index in [1.807, 2.05) is 0 Å². The number of nitrogen functional groups attached to an aromatic ring is 1. The first-order valence-electron chi connectivity index (χ1n) is 2.77. The van der Waals surface area contributed by atoms with Gasteiger partial charge in [0.1, 0.15) is 6.29 Å². The second-order valence-electron chi connectivity index (χ2n) is 1.94. The van der Waals surface area contributed by atoms with Crippen molar-refractivity contribution >= 4 is 54.2 Å². The topological polar surface area (TPSA) is 43.1 Å². The molecule has 1 radical (unpaired) electrons. The molecule has 0 heterocycles. The van der Waals surface area contributed by atoms with Gasteiger partial charge >= 0.3 is 0 Å². The van der Waals surface area contributed by atoms with Gasteiger partial charge in [-0.1, -0.05) is 6.07 Å². The predicted molar refractivity (Wildman–Crippen MR) is 49.2 cm³/mol. The van der Waals surface area contributed by atoms with Gasteiger partial charge in [-0.15, -0.1) is 12.6 Å². The summed E-state index contributed by atoms with van der Waals surface area (Å²) >= 11 is 4.04. The normalized spacial score (nSPS) is 8.45. The minimum absolute atomic E-state index is 0. The molecule has 0 aliphatic heterocycles. The Kier molecular flexibility index (Phi) is 4.84. The molecule has 1 aromatic rings. The molecule has 0 aliphatic carbocycles. The maximum Gasteiger partial charge on any atom is 0.150 e. The summed E-state index contributed by atoms with van der Waals surface area (Å²) in [6.07, 6.45) is 0.754. The Morgan fingerprint density at radius 1 is 1.45 bits per heavy atom. The Bertz CT molecular complexity index is 265. The molecule has 4 heteroatoms. The van der Waals surface area contributed by atoms with Gasteiger partial charge in [-0.25, -0.2) is 0 Å². The third-order valence-corrected chi connectivity index (χ3v) is 1.59. The number of thiol groups is 1. The fourth-order valence-electron chi connectivity index (χ4n) is 0.646. The zero-order valence-electron chi connectivity index (χ0n) is 6.24. The van der Waals surface area contributed by atoms with Crippen molar-refractivity contribution in [1.29, 1.82) is 0 Å². The van der Waals surface area contributed by atoms with Crippen LogP contribution in [-0.2, 0) is 0 Å². The Morgan fingerprint density at radius 3 is 2.55 bits per heavy atom. The van der Waals surface area contributed by atoms with Crippen LogP contribution in [0.2, 0.25) is 0 Å². The van der Waals surface area contributed by atoms with Crippen molar-refractivity contribution in [2.75, 3.05) is 5.73 Å². The van der Waals surface area contributed by atoms with E-state index in [1.54, 1.807) is 18.2 Å². The first-order valence-corrected chi connectivity index (χ1v) is 3.22. The molecule has 1 aromatic carbocycles. The van der Waals surface area contributed by atoms with Crippen molar-refractivity contribution in [2.24, 2.45) is 0 Å². The van der Waals surface area contributed by atoms with Crippen molar-refractivity contribution in [3.05, 3.63) is 23.8 Å². The van der Waals surface area contributed by atoms with Crippen LogP contribution in [0.25, 0.3) is 0 Å². The molecule has 1 rings (SSSR count). The first kappa shape index (κ1) is 11.0. The van der Waals surface area contributed by atoms with Crippen LogP contribution in [0, 0.1) is 0 Å². The third kappa shape index (κ3) is 2.87. The van der Waals surface area contributed by atoms with Crippen LogP contribution in [0.15, 0.2) is 23.1 Å². The molecule has 11 heavy (non-hydrogen) atoms. The Morgan fingerprint density at radius 2 is 2.09 bits per heavy atom. The molecule has 0 saturated carbocycles. The minimum Gasteiger partial charge on any atom is -0.398 e. The largest absolute Gasteiger partial charge is 0.398 e. The van der Waals surface area contributed by atoms with Gasteiger partial charge in [-0.3, -0.25) is 4.79 Å². The van der Waals surface area contributed by atoms with E-state index in [1.165, 1.54) is 0 Å². The molecule has 0 saturated heterocycles. The van der Waals surface area contributed by atoms with E-state index in [2.05, 4.69) is 12.6 Å². The average molecular weight is 176 g/mol. The maximum atomic E-state index is 10.2. The van der Waals surface area contributed by atoms with Crippen molar-refractivity contribution < 1.29 is 4.79 Å². The van der Waals surface area contributed by atoms with Crippen molar-refractivity contribution in [3.8, 4) is 0 Å². The average Bonchev–Trinajstić information content (AvgIpc) is 1.95. The SMILES string of the molecule is Nc1cc(C=O)ccc1S.[Na]. The Balaban J connectivity index is 0.000001000. The van der Waals surface area contributed by atoms with E-state index in [0.29, 0.717) is 16.1 Å². The number of nitrogens with two attached hydrogens (primary N) is 1. The van der Waals surface area contributed by atoms with Crippen LogP contribution in [0.4, 0.5) is 5.69 Å². The molecule has 0 unspecified atom stereocenters. The molecule has 53 valence electrons. The van der Waals surface area contributed by atoms with Crippen molar-refractivity contribution in [1.82, 2.24) is 0 Å². The van der Waals surface area contributed by atoms with Crippen LogP contribution in [0.5, 0.6) is 0 Å². The van der Waals surface area contributed by atoms with Crippen LogP contribution >= 0.6 is 12.6 Å². The fraction of sp³-hybridized carbons (Fsp3) is 0. The van der Waals surface area contributed by atoms with Gasteiger partial charge in [0.15, 0.2) is 0 Å². The van der Waals surface area contributed by atoms with Gasteiger partial charge in [0.2, 0.25) is 0 Å². The summed E-state index contributed by atoms with van der Waals surface area (Å²) in [4.78, 5) is 10.9.